The van der Waals surface area contributed by atoms with Crippen LogP contribution in [0.25, 0.3) is 0 Å². The summed E-state index contributed by atoms with van der Waals surface area (Å²) in [5.74, 6) is 0. The summed E-state index contributed by atoms with van der Waals surface area (Å²) in [6.07, 6.45) is 11.2. The zero-order chi connectivity index (χ0) is 21.2. The highest BCUT2D eigenvalue weighted by atomic mass is 14.9. The Bertz CT molecular complexity index is 299. The normalized spacial score (nSPS) is 10.8. The number of nitrogens with one attached hydrogen (secondary N) is 2. The van der Waals surface area contributed by atoms with Crippen molar-refractivity contribution in [3.05, 3.63) is 36.0 Å². The van der Waals surface area contributed by atoms with E-state index < -0.39 is 0 Å². The summed E-state index contributed by atoms with van der Waals surface area (Å²) in [4.78, 5) is 0. The van der Waals surface area contributed by atoms with Crippen LogP contribution in [-0.4, -0.2) is 25.7 Å². The van der Waals surface area contributed by atoms with Gasteiger partial charge in [0.25, 0.3) is 0 Å². The van der Waals surface area contributed by atoms with Crippen molar-refractivity contribution < 1.29 is 0 Å². The number of hydrogen-bond acceptors (Lipinski definition) is 2. The molecule has 0 saturated carbocycles. The summed E-state index contributed by atoms with van der Waals surface area (Å²) in [6.45, 7) is 27.6. The first-order valence-electron chi connectivity index (χ1n) is 11.0. The van der Waals surface area contributed by atoms with Crippen molar-refractivity contribution in [3.63, 3.8) is 0 Å². The first kappa shape index (κ1) is 32.8. The van der Waals surface area contributed by atoms with Gasteiger partial charge < -0.3 is 10.6 Å². The zero-order valence-electron chi connectivity index (χ0n) is 20.0. The fourth-order valence-electron chi connectivity index (χ4n) is 2.02. The molecule has 1 atom stereocenters. The Morgan fingerprint density at radius 3 is 1.92 bits per heavy atom. The molecular formula is C24H52N2. The molecule has 0 aliphatic carbocycles. The Hall–Kier alpha value is -0.860. The standard InChI is InChI=1S/C18H34N2.3C2H6/c1-6-10-18(8-3)20-14-9-13-19-15-17(7-2)12-11-16(4)5;3*1-2/h7,11-12,18-20H,2,6,8-10,13-15H2,1,3-5H3;3*1-2H3/b17-12+;;;. The second-order valence-electron chi connectivity index (χ2n) is 5.57. The monoisotopic (exact) mass is 368 g/mol. The van der Waals surface area contributed by atoms with Crippen LogP contribution in [0.2, 0.25) is 0 Å². The van der Waals surface area contributed by atoms with Crippen molar-refractivity contribution >= 4 is 0 Å². The minimum absolute atomic E-state index is 0.696. The molecule has 0 aliphatic heterocycles. The highest BCUT2D eigenvalue weighted by molar-refractivity contribution is 5.24. The van der Waals surface area contributed by atoms with Crippen molar-refractivity contribution in [2.24, 2.45) is 0 Å². The Labute approximate surface area is 167 Å². The number of rotatable bonds is 12. The Morgan fingerprint density at radius 2 is 1.50 bits per heavy atom. The number of hydrogen-bond donors (Lipinski definition) is 2. The molecule has 2 N–H and O–H groups in total. The summed E-state index contributed by atoms with van der Waals surface area (Å²) in [7, 11) is 0. The first-order chi connectivity index (χ1) is 12.6. The molecule has 0 fully saturated rings. The number of allylic oxidation sites excluding steroid dienone is 3. The van der Waals surface area contributed by atoms with E-state index in [0.717, 1.165) is 19.6 Å². The van der Waals surface area contributed by atoms with Crippen LogP contribution >= 0.6 is 0 Å². The van der Waals surface area contributed by atoms with Crippen LogP contribution in [0.15, 0.2) is 36.0 Å². The predicted octanol–water partition coefficient (Wildman–Crippen LogP) is 7.29. The molecule has 2 heteroatoms. The van der Waals surface area contributed by atoms with Crippen LogP contribution in [0, 0.1) is 0 Å². The summed E-state index contributed by atoms with van der Waals surface area (Å²) in [6, 6.07) is 0.696. The molecule has 26 heavy (non-hydrogen) atoms. The van der Waals surface area contributed by atoms with Gasteiger partial charge in [0, 0.05) is 12.6 Å². The van der Waals surface area contributed by atoms with Crippen molar-refractivity contribution in [3.8, 4) is 0 Å². The maximum Gasteiger partial charge on any atom is 0.0205 e. The van der Waals surface area contributed by atoms with E-state index in [1.54, 1.807) is 0 Å². The van der Waals surface area contributed by atoms with Gasteiger partial charge in [0.15, 0.2) is 0 Å². The van der Waals surface area contributed by atoms with Crippen LogP contribution in [0.5, 0.6) is 0 Å². The Morgan fingerprint density at radius 1 is 0.923 bits per heavy atom. The maximum atomic E-state index is 3.86. The van der Waals surface area contributed by atoms with Gasteiger partial charge in [-0.05, 0) is 51.8 Å². The van der Waals surface area contributed by atoms with Gasteiger partial charge in [0.1, 0.15) is 0 Å². The molecule has 0 saturated heterocycles. The average molecular weight is 369 g/mol. The summed E-state index contributed by atoms with van der Waals surface area (Å²) in [5, 5.41) is 7.10. The van der Waals surface area contributed by atoms with Crippen LogP contribution in [0.3, 0.4) is 0 Å². The van der Waals surface area contributed by atoms with E-state index >= 15 is 0 Å². The second-order valence-corrected chi connectivity index (χ2v) is 5.57. The minimum atomic E-state index is 0.696. The quantitative estimate of drug-likeness (QED) is 0.279. The fraction of sp³-hybridized carbons (Fsp3) is 0.750. The highest BCUT2D eigenvalue weighted by Crippen LogP contribution is 2.00. The zero-order valence-corrected chi connectivity index (χ0v) is 20.0. The summed E-state index contributed by atoms with van der Waals surface area (Å²) >= 11 is 0. The third-order valence-electron chi connectivity index (χ3n) is 3.32. The molecule has 0 aromatic heterocycles. The van der Waals surface area contributed by atoms with Gasteiger partial charge in [-0.2, -0.15) is 0 Å². The first-order valence-corrected chi connectivity index (χ1v) is 11.0. The lowest BCUT2D eigenvalue weighted by molar-refractivity contribution is 0.455. The second kappa shape index (κ2) is 31.9. The molecule has 2 nitrogen and oxygen atoms in total. The van der Waals surface area contributed by atoms with Gasteiger partial charge in [0.05, 0.1) is 0 Å². The highest BCUT2D eigenvalue weighted by Gasteiger charge is 2.02. The van der Waals surface area contributed by atoms with Crippen molar-refractivity contribution in [2.45, 2.75) is 101 Å². The van der Waals surface area contributed by atoms with Crippen molar-refractivity contribution in [1.82, 2.24) is 10.6 Å². The van der Waals surface area contributed by atoms with Crippen LogP contribution in [0.1, 0.15) is 94.9 Å². The summed E-state index contributed by atoms with van der Waals surface area (Å²) < 4.78 is 0. The van der Waals surface area contributed by atoms with E-state index in [1.807, 2.05) is 47.6 Å². The molecule has 1 unspecified atom stereocenters. The molecule has 0 aromatic carbocycles. The van der Waals surface area contributed by atoms with Crippen molar-refractivity contribution in [1.29, 1.82) is 0 Å². The van der Waals surface area contributed by atoms with E-state index in [0.29, 0.717) is 6.04 Å². The lowest BCUT2D eigenvalue weighted by atomic mass is 10.1. The van der Waals surface area contributed by atoms with Gasteiger partial charge >= 0.3 is 0 Å². The van der Waals surface area contributed by atoms with Gasteiger partial charge in [-0.15, -0.1) is 0 Å². The van der Waals surface area contributed by atoms with E-state index in [2.05, 4.69) is 57.1 Å². The Balaban J connectivity index is -0.000000362. The van der Waals surface area contributed by atoms with Crippen LogP contribution < -0.4 is 10.6 Å². The van der Waals surface area contributed by atoms with Gasteiger partial charge in [-0.25, -0.2) is 0 Å². The molecule has 0 spiro atoms. The van der Waals surface area contributed by atoms with Crippen molar-refractivity contribution in [2.75, 3.05) is 19.6 Å². The van der Waals surface area contributed by atoms with Gasteiger partial charge in [-0.3, -0.25) is 0 Å². The molecule has 0 radical (unpaired) electrons. The fourth-order valence-corrected chi connectivity index (χ4v) is 2.02. The van der Waals surface area contributed by atoms with Gasteiger partial charge in [0.2, 0.25) is 0 Å². The minimum Gasteiger partial charge on any atom is -0.314 e. The van der Waals surface area contributed by atoms with E-state index in [1.165, 1.54) is 36.8 Å². The topological polar surface area (TPSA) is 24.1 Å². The van der Waals surface area contributed by atoms with Gasteiger partial charge in [-0.1, -0.05) is 92.2 Å². The molecule has 0 aliphatic rings. The van der Waals surface area contributed by atoms with E-state index in [-0.39, 0.29) is 0 Å². The molecule has 0 rings (SSSR count). The SMILES string of the molecule is C=C/C(=C\C=C(C)C)CNCCCNC(CC)CCC.CC.CC.CC. The smallest absolute Gasteiger partial charge is 0.0205 e. The Kier molecular flexibility index (Phi) is 40.2. The predicted molar refractivity (Wildman–Crippen MR) is 126 cm³/mol. The van der Waals surface area contributed by atoms with Crippen LogP contribution in [0.4, 0.5) is 0 Å². The lowest BCUT2D eigenvalue weighted by Gasteiger charge is -2.15. The largest absolute Gasteiger partial charge is 0.314 e. The average Bonchev–Trinajstić information content (AvgIpc) is 2.70. The molecule has 158 valence electrons. The molecular weight excluding hydrogens is 316 g/mol. The molecule has 0 bridgehead atoms. The third-order valence-corrected chi connectivity index (χ3v) is 3.32. The molecule has 0 heterocycles. The molecule has 0 amide bonds. The third kappa shape index (κ3) is 28.0. The maximum absolute atomic E-state index is 3.86. The van der Waals surface area contributed by atoms with E-state index in [9.17, 15) is 0 Å². The molecule has 0 aromatic rings. The lowest BCUT2D eigenvalue weighted by Crippen LogP contribution is -2.31. The summed E-state index contributed by atoms with van der Waals surface area (Å²) in [5.41, 5.74) is 2.56. The van der Waals surface area contributed by atoms with E-state index in [4.69, 9.17) is 0 Å². The van der Waals surface area contributed by atoms with Crippen LogP contribution in [-0.2, 0) is 0 Å².